The third-order valence-electron chi connectivity index (χ3n) is 2.77. The Morgan fingerprint density at radius 1 is 1.19 bits per heavy atom. The second-order valence-electron chi connectivity index (χ2n) is 4.60. The van der Waals surface area contributed by atoms with Gasteiger partial charge in [-0.2, -0.15) is 0 Å². The van der Waals surface area contributed by atoms with Gasteiger partial charge in [0.2, 0.25) is 0 Å². The molecule has 1 atom stereocenters. The predicted molar refractivity (Wildman–Crippen MR) is 69.1 cm³/mol. The van der Waals surface area contributed by atoms with Crippen molar-refractivity contribution in [3.8, 4) is 5.75 Å². The number of ether oxygens (including phenoxy) is 1. The van der Waals surface area contributed by atoms with Gasteiger partial charge in [0, 0.05) is 6.04 Å². The zero-order chi connectivity index (χ0) is 10.8. The first kappa shape index (κ1) is 13.3. The van der Waals surface area contributed by atoms with Crippen molar-refractivity contribution in [2.24, 2.45) is 11.7 Å². The molecule has 16 heavy (non-hydrogen) atoms. The maximum absolute atomic E-state index is 6.11. The summed E-state index contributed by atoms with van der Waals surface area (Å²) in [4.78, 5) is 0. The van der Waals surface area contributed by atoms with Crippen LogP contribution >= 0.6 is 12.4 Å². The smallest absolute Gasteiger partial charge is 0.119 e. The molecular formula is C13H20ClNO. The Kier molecular flexibility index (Phi) is 4.63. The molecule has 0 saturated heterocycles. The van der Waals surface area contributed by atoms with Crippen LogP contribution in [0.4, 0.5) is 0 Å². The molecule has 1 aliphatic rings. The van der Waals surface area contributed by atoms with E-state index < -0.39 is 0 Å². The summed E-state index contributed by atoms with van der Waals surface area (Å²) >= 11 is 0. The molecule has 1 aliphatic carbocycles. The van der Waals surface area contributed by atoms with E-state index in [2.05, 4.69) is 12.1 Å². The second kappa shape index (κ2) is 5.55. The Morgan fingerprint density at radius 2 is 1.75 bits per heavy atom. The molecule has 0 aliphatic heterocycles. The van der Waals surface area contributed by atoms with Gasteiger partial charge >= 0.3 is 0 Å². The molecule has 1 aromatic rings. The normalized spacial score (nSPS) is 16.8. The van der Waals surface area contributed by atoms with E-state index in [1.165, 1.54) is 18.4 Å². The second-order valence-corrected chi connectivity index (χ2v) is 4.60. The summed E-state index contributed by atoms with van der Waals surface area (Å²) in [5.74, 6) is 1.64. The average molecular weight is 242 g/mol. The number of benzene rings is 1. The van der Waals surface area contributed by atoms with Gasteiger partial charge in [-0.3, -0.25) is 0 Å². The fourth-order valence-corrected chi connectivity index (χ4v) is 1.77. The van der Waals surface area contributed by atoms with Crippen LogP contribution in [0.25, 0.3) is 0 Å². The molecule has 0 radical (unpaired) electrons. The van der Waals surface area contributed by atoms with Crippen LogP contribution in [0, 0.1) is 5.92 Å². The van der Waals surface area contributed by atoms with E-state index in [-0.39, 0.29) is 24.6 Å². The molecule has 1 aromatic carbocycles. The number of rotatable bonds is 4. The molecule has 2 nitrogen and oxygen atoms in total. The highest BCUT2D eigenvalue weighted by Gasteiger charge is 2.29. The molecule has 0 spiro atoms. The van der Waals surface area contributed by atoms with E-state index >= 15 is 0 Å². The fourth-order valence-electron chi connectivity index (χ4n) is 1.77. The van der Waals surface area contributed by atoms with Gasteiger partial charge in [-0.05, 0) is 50.3 Å². The van der Waals surface area contributed by atoms with Crippen LogP contribution in [-0.2, 0) is 0 Å². The van der Waals surface area contributed by atoms with Gasteiger partial charge in [-0.15, -0.1) is 12.4 Å². The third-order valence-corrected chi connectivity index (χ3v) is 2.77. The number of hydrogen-bond donors (Lipinski definition) is 1. The summed E-state index contributed by atoms with van der Waals surface area (Å²) in [5, 5.41) is 0. The van der Waals surface area contributed by atoms with E-state index in [9.17, 15) is 0 Å². The quantitative estimate of drug-likeness (QED) is 0.878. The van der Waals surface area contributed by atoms with Gasteiger partial charge in [0.1, 0.15) is 5.75 Å². The summed E-state index contributed by atoms with van der Waals surface area (Å²) in [6.45, 7) is 4.06. The number of nitrogens with two attached hydrogens (primary N) is 1. The van der Waals surface area contributed by atoms with Crippen LogP contribution in [-0.4, -0.2) is 6.10 Å². The molecule has 90 valence electrons. The lowest BCUT2D eigenvalue weighted by Crippen LogP contribution is -2.12. The largest absolute Gasteiger partial charge is 0.491 e. The lowest BCUT2D eigenvalue weighted by Gasteiger charge is -2.13. The average Bonchev–Trinajstić information content (AvgIpc) is 3.00. The minimum atomic E-state index is 0. The van der Waals surface area contributed by atoms with Crippen molar-refractivity contribution < 1.29 is 4.74 Å². The Labute approximate surface area is 104 Å². The number of halogens is 1. The molecule has 2 N–H and O–H groups in total. The summed E-state index contributed by atoms with van der Waals surface area (Å²) in [6.07, 6.45) is 2.80. The molecule has 2 rings (SSSR count). The topological polar surface area (TPSA) is 35.2 Å². The Bertz CT molecular complexity index is 319. The van der Waals surface area contributed by atoms with Crippen LogP contribution < -0.4 is 10.5 Å². The van der Waals surface area contributed by atoms with Crippen molar-refractivity contribution in [2.75, 3.05) is 0 Å². The predicted octanol–water partition coefficient (Wildman–Crippen LogP) is 3.31. The van der Waals surface area contributed by atoms with E-state index in [4.69, 9.17) is 10.5 Å². The maximum Gasteiger partial charge on any atom is 0.119 e. The highest BCUT2D eigenvalue weighted by Crippen LogP contribution is 2.39. The zero-order valence-corrected chi connectivity index (χ0v) is 10.7. The molecule has 0 heterocycles. The van der Waals surface area contributed by atoms with Gasteiger partial charge in [-0.25, -0.2) is 0 Å². The highest BCUT2D eigenvalue weighted by atomic mass is 35.5. The first-order chi connectivity index (χ1) is 7.16. The first-order valence-electron chi connectivity index (χ1n) is 5.69. The van der Waals surface area contributed by atoms with Crippen molar-refractivity contribution in [3.63, 3.8) is 0 Å². The van der Waals surface area contributed by atoms with E-state index in [0.717, 1.165) is 5.75 Å². The Balaban J connectivity index is 0.00000128. The van der Waals surface area contributed by atoms with E-state index in [0.29, 0.717) is 5.92 Å². The molecule has 0 amide bonds. The summed E-state index contributed by atoms with van der Waals surface area (Å²) in [6, 6.07) is 8.41. The standard InChI is InChI=1S/C13H19NO.ClH/c1-9(2)15-12-7-5-11(6-8-12)13(14)10-3-4-10;/h5-10,13H,3-4,14H2,1-2H3;1H/t13-;/m1./s1. The van der Waals surface area contributed by atoms with Crippen LogP contribution in [0.1, 0.15) is 38.3 Å². The molecular weight excluding hydrogens is 222 g/mol. The SMILES string of the molecule is CC(C)Oc1ccc([C@H](N)C2CC2)cc1.Cl. The van der Waals surface area contributed by atoms with Gasteiger partial charge in [0.25, 0.3) is 0 Å². The third kappa shape index (κ3) is 3.39. The lowest BCUT2D eigenvalue weighted by molar-refractivity contribution is 0.242. The lowest BCUT2D eigenvalue weighted by atomic mass is 10.0. The first-order valence-corrected chi connectivity index (χ1v) is 5.69. The fraction of sp³-hybridized carbons (Fsp3) is 0.538. The van der Waals surface area contributed by atoms with Crippen molar-refractivity contribution in [2.45, 2.75) is 38.8 Å². The van der Waals surface area contributed by atoms with Crippen LogP contribution in [0.5, 0.6) is 5.75 Å². The van der Waals surface area contributed by atoms with Gasteiger partial charge in [0.15, 0.2) is 0 Å². The highest BCUT2D eigenvalue weighted by molar-refractivity contribution is 5.85. The number of hydrogen-bond acceptors (Lipinski definition) is 2. The summed E-state index contributed by atoms with van der Waals surface area (Å²) in [5.41, 5.74) is 7.34. The van der Waals surface area contributed by atoms with Gasteiger partial charge in [0.05, 0.1) is 6.10 Å². The van der Waals surface area contributed by atoms with Gasteiger partial charge in [-0.1, -0.05) is 12.1 Å². The van der Waals surface area contributed by atoms with Crippen molar-refractivity contribution >= 4 is 12.4 Å². The maximum atomic E-state index is 6.11. The van der Waals surface area contributed by atoms with Crippen LogP contribution in [0.3, 0.4) is 0 Å². The molecule has 0 aromatic heterocycles. The van der Waals surface area contributed by atoms with Crippen LogP contribution in [0.2, 0.25) is 0 Å². The van der Waals surface area contributed by atoms with E-state index in [1.54, 1.807) is 0 Å². The molecule has 0 bridgehead atoms. The zero-order valence-electron chi connectivity index (χ0n) is 9.85. The minimum Gasteiger partial charge on any atom is -0.491 e. The molecule has 3 heteroatoms. The molecule has 1 saturated carbocycles. The van der Waals surface area contributed by atoms with Crippen LogP contribution in [0.15, 0.2) is 24.3 Å². The monoisotopic (exact) mass is 241 g/mol. The Hall–Kier alpha value is -0.730. The van der Waals surface area contributed by atoms with Crippen molar-refractivity contribution in [1.29, 1.82) is 0 Å². The van der Waals surface area contributed by atoms with Gasteiger partial charge < -0.3 is 10.5 Å². The van der Waals surface area contributed by atoms with E-state index in [1.807, 2.05) is 26.0 Å². The molecule has 1 fully saturated rings. The molecule has 0 unspecified atom stereocenters. The minimum absolute atomic E-state index is 0. The van der Waals surface area contributed by atoms with Crippen molar-refractivity contribution in [1.82, 2.24) is 0 Å². The summed E-state index contributed by atoms with van der Waals surface area (Å²) in [7, 11) is 0. The summed E-state index contributed by atoms with van der Waals surface area (Å²) < 4.78 is 5.58. The Morgan fingerprint density at radius 3 is 2.19 bits per heavy atom. The van der Waals surface area contributed by atoms with Crippen molar-refractivity contribution in [3.05, 3.63) is 29.8 Å².